The first-order valence-electron chi connectivity index (χ1n) is 16.6. The summed E-state index contributed by atoms with van der Waals surface area (Å²) in [6.45, 7) is 16.2. The van der Waals surface area contributed by atoms with E-state index in [1.54, 1.807) is 53.7 Å². The van der Waals surface area contributed by atoms with Crippen LogP contribution < -0.4 is 44.0 Å². The van der Waals surface area contributed by atoms with E-state index in [0.29, 0.717) is 25.3 Å². The molecule has 298 valence electrons. The Labute approximate surface area is 340 Å². The van der Waals surface area contributed by atoms with Crippen molar-refractivity contribution in [3.05, 3.63) is 46.7 Å². The fourth-order valence-electron chi connectivity index (χ4n) is 4.29. The molecule has 54 heavy (non-hydrogen) atoms. The van der Waals surface area contributed by atoms with E-state index in [2.05, 4.69) is 20.8 Å². The zero-order valence-electron chi connectivity index (χ0n) is 31.9. The van der Waals surface area contributed by atoms with Gasteiger partial charge in [0.05, 0.1) is 18.3 Å². The molecular weight excluding hydrogens is 859 g/mol. The lowest BCUT2D eigenvalue weighted by atomic mass is 10.1. The predicted molar refractivity (Wildman–Crippen MR) is 197 cm³/mol. The van der Waals surface area contributed by atoms with Crippen LogP contribution in [0.2, 0.25) is 4.34 Å². The first-order valence-corrected chi connectivity index (χ1v) is 17.8. The maximum Gasteiger partial charge on any atom is 0.413 e. The number of hydrogen-bond donors (Lipinski definition) is 3. The van der Waals surface area contributed by atoms with Gasteiger partial charge in [-0.15, -0.1) is 4.68 Å². The third-order valence-electron chi connectivity index (χ3n) is 6.40. The van der Waals surface area contributed by atoms with Gasteiger partial charge in [-0.1, -0.05) is 40.2 Å². The van der Waals surface area contributed by atoms with Crippen molar-refractivity contribution in [1.82, 2.24) is 15.0 Å². The van der Waals surface area contributed by atoms with Crippen LogP contribution in [-0.4, -0.2) is 80.7 Å². The Hall–Kier alpha value is -4.17. The van der Waals surface area contributed by atoms with E-state index < -0.39 is 52.7 Å². The number of alkyl carbamates (subject to hydrolysis) is 1. The van der Waals surface area contributed by atoms with Crippen LogP contribution in [-0.2, 0) is 42.2 Å². The maximum atomic E-state index is 13.1. The monoisotopic (exact) mass is 906 g/mol. The van der Waals surface area contributed by atoms with Crippen LogP contribution in [0.15, 0.2) is 41.8 Å². The molecule has 3 N–H and O–H groups in total. The van der Waals surface area contributed by atoms with Gasteiger partial charge >= 0.3 is 24.1 Å². The van der Waals surface area contributed by atoms with Crippen LogP contribution in [0.5, 0.6) is 5.75 Å². The highest BCUT2D eigenvalue weighted by atomic mass is 127. The van der Waals surface area contributed by atoms with Crippen molar-refractivity contribution in [3.8, 4) is 16.9 Å². The molecule has 0 fully saturated rings. The topological polar surface area (TPSA) is 193 Å². The highest BCUT2D eigenvalue weighted by Crippen LogP contribution is 2.29. The summed E-state index contributed by atoms with van der Waals surface area (Å²) in [5.41, 5.74) is -1.43. The molecule has 0 spiro atoms. The SMILES string of the molecule is C[n+]1cc(-c2ccc(OC[C@H](O/N=C(\C(=O)O)c3nc(NC(=O)OC(C)(C)C)sc3Cl)C(=O)OC(C)(C)C)cc2)cn1CCCNC(=O)OC(C)(C)C.[I-]. The van der Waals surface area contributed by atoms with E-state index in [1.807, 2.05) is 61.7 Å². The molecule has 0 saturated heterocycles. The number of anilines is 1. The van der Waals surface area contributed by atoms with Crippen molar-refractivity contribution >= 4 is 57.9 Å². The van der Waals surface area contributed by atoms with Gasteiger partial charge in [-0.3, -0.25) is 5.32 Å². The van der Waals surface area contributed by atoms with E-state index >= 15 is 0 Å². The number of benzene rings is 1. The van der Waals surface area contributed by atoms with Gasteiger partial charge in [-0.2, -0.15) is 4.68 Å². The number of carbonyl (C=O) groups is 4. The van der Waals surface area contributed by atoms with Crippen molar-refractivity contribution in [2.45, 2.75) is 98.2 Å². The Morgan fingerprint density at radius 1 is 0.944 bits per heavy atom. The zero-order valence-corrected chi connectivity index (χ0v) is 35.7. The number of carbonyl (C=O) groups excluding carboxylic acids is 3. The molecule has 16 nitrogen and oxygen atoms in total. The molecule has 2 aromatic heterocycles. The predicted octanol–water partition coefficient (Wildman–Crippen LogP) is 2.95. The van der Waals surface area contributed by atoms with Gasteiger partial charge in [-0.25, -0.2) is 24.2 Å². The quantitative estimate of drug-likeness (QED) is 0.0410. The van der Waals surface area contributed by atoms with Gasteiger partial charge in [0.15, 0.2) is 12.2 Å². The van der Waals surface area contributed by atoms with Crippen LogP contribution in [0.1, 0.15) is 74.4 Å². The molecule has 1 atom stereocenters. The fraction of sp³-hybridized carbons (Fsp3) is 0.514. The van der Waals surface area contributed by atoms with E-state index in [-0.39, 0.29) is 45.7 Å². The Kier molecular flexibility index (Phi) is 16.5. The van der Waals surface area contributed by atoms with Crippen molar-refractivity contribution in [2.24, 2.45) is 12.2 Å². The molecule has 0 saturated carbocycles. The van der Waals surface area contributed by atoms with Crippen molar-refractivity contribution in [1.29, 1.82) is 0 Å². The van der Waals surface area contributed by atoms with E-state index in [0.717, 1.165) is 22.5 Å². The molecule has 1 aromatic carbocycles. The highest BCUT2D eigenvalue weighted by Gasteiger charge is 2.30. The Bertz CT molecular complexity index is 1790. The molecule has 3 rings (SSSR count). The average Bonchev–Trinajstić information content (AvgIpc) is 3.55. The molecule has 19 heteroatoms. The normalized spacial score (nSPS) is 12.5. The first-order chi connectivity index (χ1) is 24.5. The van der Waals surface area contributed by atoms with Gasteiger partial charge in [0.25, 0.3) is 6.10 Å². The standard InChI is InChI=1S/C35H47ClN6O10S.HI/c1-33(2,3)49-29(45)24(52-40-26(28(43)44)25-27(36)53-30(38-25)39-32(47)51-35(7,8)9)20-48-23-14-12-21(13-15-23)22-18-41(10)42(19-22)17-11-16-37-31(46)50-34(4,5)6;/h12-15,18-19,24H,11,16-17,20H2,1-10H3,(H2-,37,38,39,43,44,46,47);1H/b40-26-;/t24-;/m0./s1. The molecule has 0 radical (unpaired) electrons. The number of esters is 1. The number of carboxylic acids is 1. The Balaban J connectivity index is 0.0000101. The van der Waals surface area contributed by atoms with Crippen LogP contribution in [0.3, 0.4) is 0 Å². The summed E-state index contributed by atoms with van der Waals surface area (Å²) in [6.07, 6.45) is 1.88. The summed E-state index contributed by atoms with van der Waals surface area (Å²) >= 11 is 7.04. The van der Waals surface area contributed by atoms with Crippen LogP contribution >= 0.6 is 22.9 Å². The summed E-state index contributed by atoms with van der Waals surface area (Å²) in [7, 11) is 1.92. The summed E-state index contributed by atoms with van der Waals surface area (Å²) < 4.78 is 25.6. The minimum Gasteiger partial charge on any atom is -1.00 e. The second-order valence-electron chi connectivity index (χ2n) is 14.7. The van der Waals surface area contributed by atoms with Crippen LogP contribution in [0, 0.1) is 0 Å². The lowest BCUT2D eigenvalue weighted by Crippen LogP contribution is -3.00. The molecule has 0 bridgehead atoms. The fourth-order valence-corrected chi connectivity index (χ4v) is 5.32. The molecule has 0 aliphatic rings. The minimum atomic E-state index is -1.56. The summed E-state index contributed by atoms with van der Waals surface area (Å²) in [5, 5.41) is 18.7. The summed E-state index contributed by atoms with van der Waals surface area (Å²) in [6, 6.07) is 7.11. The number of oxime groups is 1. The average molecular weight is 907 g/mol. The molecular formula is C35H48ClIN6O10S. The number of carboxylic acid groups (broad SMARTS) is 1. The number of aryl methyl sites for hydroxylation is 2. The van der Waals surface area contributed by atoms with Crippen LogP contribution in [0.4, 0.5) is 14.7 Å². The number of ether oxygens (including phenoxy) is 4. The van der Waals surface area contributed by atoms with Gasteiger partial charge < -0.3 is 58.2 Å². The van der Waals surface area contributed by atoms with Gasteiger partial charge in [-0.05, 0) is 86.4 Å². The van der Waals surface area contributed by atoms with E-state index in [4.69, 9.17) is 35.4 Å². The number of aliphatic carboxylic acids is 1. The van der Waals surface area contributed by atoms with E-state index in [9.17, 15) is 24.3 Å². The van der Waals surface area contributed by atoms with Crippen molar-refractivity contribution in [3.63, 3.8) is 0 Å². The molecule has 3 aromatic rings. The third kappa shape index (κ3) is 15.7. The first kappa shape index (κ1) is 46.0. The zero-order chi connectivity index (χ0) is 39.7. The number of thiazole rings is 1. The highest BCUT2D eigenvalue weighted by molar-refractivity contribution is 7.20. The Morgan fingerprint density at radius 3 is 2.11 bits per heavy atom. The lowest BCUT2D eigenvalue weighted by Gasteiger charge is -2.23. The molecule has 2 amide bonds. The van der Waals surface area contributed by atoms with Crippen molar-refractivity contribution < 1.29 is 76.7 Å². The second-order valence-corrected chi connectivity index (χ2v) is 16.3. The second kappa shape index (κ2) is 19.4. The molecule has 0 aliphatic heterocycles. The van der Waals surface area contributed by atoms with Gasteiger partial charge in [0, 0.05) is 6.54 Å². The summed E-state index contributed by atoms with van der Waals surface area (Å²) in [4.78, 5) is 58.8. The van der Waals surface area contributed by atoms with Gasteiger partial charge in [0.1, 0.15) is 39.2 Å². The molecule has 0 aliphatic carbocycles. The largest absolute Gasteiger partial charge is 1.00 e. The van der Waals surface area contributed by atoms with Crippen LogP contribution in [0.25, 0.3) is 11.1 Å². The Morgan fingerprint density at radius 2 is 1.54 bits per heavy atom. The number of nitrogens with zero attached hydrogens (tertiary/aromatic N) is 4. The molecule has 0 unspecified atom stereocenters. The lowest BCUT2D eigenvalue weighted by molar-refractivity contribution is -0.753. The van der Waals surface area contributed by atoms with Gasteiger partial charge in [0.2, 0.25) is 11.9 Å². The minimum absolute atomic E-state index is 0. The smallest absolute Gasteiger partial charge is 0.413 e. The van der Waals surface area contributed by atoms with E-state index in [1.165, 1.54) is 0 Å². The number of amides is 2. The molecule has 2 heterocycles. The number of nitrogens with one attached hydrogen (secondary N) is 2. The van der Waals surface area contributed by atoms with Crippen molar-refractivity contribution in [2.75, 3.05) is 18.5 Å². The number of hydrogen-bond acceptors (Lipinski definition) is 12. The number of aromatic nitrogens is 3. The maximum absolute atomic E-state index is 13.1. The third-order valence-corrected chi connectivity index (χ3v) is 7.57. The number of rotatable bonds is 14. The number of halogens is 2. The summed E-state index contributed by atoms with van der Waals surface area (Å²) in [5.74, 6) is -2.01.